The second kappa shape index (κ2) is 6.51. The minimum atomic E-state index is -0.690. The summed E-state index contributed by atoms with van der Waals surface area (Å²) in [6, 6.07) is 6.43. The Balaban J connectivity index is 1.57. The number of hydrogen-bond donors (Lipinski definition) is 0. The van der Waals surface area contributed by atoms with Gasteiger partial charge in [-0.05, 0) is 55.2 Å². The maximum atomic E-state index is 13.3. The van der Waals surface area contributed by atoms with Crippen molar-refractivity contribution in [1.82, 2.24) is 9.78 Å². The van der Waals surface area contributed by atoms with Crippen molar-refractivity contribution in [3.8, 4) is 5.69 Å². The lowest BCUT2D eigenvalue weighted by Gasteiger charge is -2.51. The molecule has 3 atom stereocenters. The lowest BCUT2D eigenvalue weighted by atomic mass is 9.62. The number of nitrogens with zero attached hydrogens (tertiary/aromatic N) is 2. The monoisotopic (exact) mass is 392 g/mol. The molecule has 1 saturated heterocycles. The summed E-state index contributed by atoms with van der Waals surface area (Å²) in [4.78, 5) is 0. The molecule has 2 heterocycles. The molecule has 2 fully saturated rings. The maximum absolute atomic E-state index is 13.3. The van der Waals surface area contributed by atoms with Gasteiger partial charge in [-0.2, -0.15) is 5.10 Å². The summed E-state index contributed by atoms with van der Waals surface area (Å²) in [5.74, 6) is -0.941. The standard InChI is InChI=1S/C24H25FN2O2/c1-4-21-22(5-2)29-24(28-21)12-6-7-17-13-20-16(14-23(17,24)3)15-26-27(20)19-10-8-18(25)9-11-19/h4-5,8-11,13,15,21-22H,1-2,6-7,12,14H2,3H3. The number of fused-ring (bicyclic) bond motifs is 3. The largest absolute Gasteiger partial charge is 0.339 e. The van der Waals surface area contributed by atoms with Gasteiger partial charge in [0.2, 0.25) is 0 Å². The van der Waals surface area contributed by atoms with Gasteiger partial charge in [0.1, 0.15) is 18.0 Å². The van der Waals surface area contributed by atoms with E-state index >= 15 is 0 Å². The number of aromatic nitrogens is 2. The average molecular weight is 392 g/mol. The van der Waals surface area contributed by atoms with E-state index in [4.69, 9.17) is 9.47 Å². The predicted octanol–water partition coefficient (Wildman–Crippen LogP) is 4.99. The minimum absolute atomic E-state index is 0.188. The van der Waals surface area contributed by atoms with Gasteiger partial charge in [0.25, 0.3) is 0 Å². The molecule has 29 heavy (non-hydrogen) atoms. The first-order valence-corrected chi connectivity index (χ1v) is 10.1. The van der Waals surface area contributed by atoms with Crippen molar-refractivity contribution in [1.29, 1.82) is 0 Å². The molecule has 1 aromatic heterocycles. The molecule has 2 aromatic rings. The van der Waals surface area contributed by atoms with Crippen LogP contribution in [0, 0.1) is 11.2 Å². The van der Waals surface area contributed by atoms with Crippen molar-refractivity contribution in [2.24, 2.45) is 5.41 Å². The van der Waals surface area contributed by atoms with Crippen LogP contribution in [0.5, 0.6) is 0 Å². The van der Waals surface area contributed by atoms with Crippen molar-refractivity contribution in [3.05, 3.63) is 78.4 Å². The lowest BCUT2D eigenvalue weighted by Crippen LogP contribution is -2.53. The van der Waals surface area contributed by atoms with Gasteiger partial charge < -0.3 is 9.47 Å². The first-order valence-electron chi connectivity index (χ1n) is 10.1. The molecule has 0 radical (unpaired) electrons. The topological polar surface area (TPSA) is 36.3 Å². The fourth-order valence-electron chi connectivity index (χ4n) is 5.15. The minimum Gasteiger partial charge on any atom is -0.339 e. The van der Waals surface area contributed by atoms with Gasteiger partial charge in [0, 0.05) is 11.8 Å². The molecule has 0 amide bonds. The smallest absolute Gasteiger partial charge is 0.179 e. The summed E-state index contributed by atoms with van der Waals surface area (Å²) in [5.41, 5.74) is 4.08. The number of ether oxygens (including phenoxy) is 2. The maximum Gasteiger partial charge on any atom is 0.179 e. The number of benzene rings is 1. The molecule has 5 rings (SSSR count). The molecule has 1 aliphatic heterocycles. The van der Waals surface area contributed by atoms with Crippen LogP contribution in [0.15, 0.2) is 61.3 Å². The highest BCUT2D eigenvalue weighted by molar-refractivity contribution is 5.62. The number of halogens is 1. The molecular weight excluding hydrogens is 367 g/mol. The van der Waals surface area contributed by atoms with Gasteiger partial charge in [-0.15, -0.1) is 13.2 Å². The van der Waals surface area contributed by atoms with Gasteiger partial charge in [-0.1, -0.05) is 24.6 Å². The Morgan fingerprint density at radius 1 is 1.17 bits per heavy atom. The van der Waals surface area contributed by atoms with E-state index in [1.165, 1.54) is 17.7 Å². The van der Waals surface area contributed by atoms with E-state index in [-0.39, 0.29) is 23.4 Å². The molecule has 3 unspecified atom stereocenters. The van der Waals surface area contributed by atoms with E-state index in [1.54, 1.807) is 12.1 Å². The van der Waals surface area contributed by atoms with Crippen LogP contribution >= 0.6 is 0 Å². The van der Waals surface area contributed by atoms with Crippen molar-refractivity contribution >= 4 is 6.08 Å². The number of rotatable bonds is 3. The zero-order valence-electron chi connectivity index (χ0n) is 16.6. The quantitative estimate of drug-likeness (QED) is 0.690. The van der Waals surface area contributed by atoms with Crippen LogP contribution in [0.2, 0.25) is 0 Å². The summed E-state index contributed by atoms with van der Waals surface area (Å²) in [6.45, 7) is 10.1. The van der Waals surface area contributed by atoms with Crippen LogP contribution < -0.4 is 0 Å². The van der Waals surface area contributed by atoms with E-state index in [2.05, 4.69) is 31.3 Å². The molecule has 0 N–H and O–H groups in total. The Labute approximate surface area is 170 Å². The third-order valence-electron chi connectivity index (χ3n) is 6.76. The average Bonchev–Trinajstić information content (AvgIpc) is 3.29. The molecule has 4 nitrogen and oxygen atoms in total. The van der Waals surface area contributed by atoms with Crippen molar-refractivity contribution < 1.29 is 13.9 Å². The Hall–Kier alpha value is -2.50. The number of hydrogen-bond acceptors (Lipinski definition) is 3. The molecular formula is C24H25FN2O2. The summed E-state index contributed by atoms with van der Waals surface area (Å²) in [7, 11) is 0. The summed E-state index contributed by atoms with van der Waals surface area (Å²) in [6.07, 6.45) is 11.0. The Morgan fingerprint density at radius 3 is 2.52 bits per heavy atom. The van der Waals surface area contributed by atoms with E-state index in [1.807, 2.05) is 23.0 Å². The van der Waals surface area contributed by atoms with E-state index in [9.17, 15) is 4.39 Å². The Kier molecular flexibility index (Phi) is 4.16. The summed E-state index contributed by atoms with van der Waals surface area (Å²) < 4.78 is 28.3. The van der Waals surface area contributed by atoms with Crippen LogP contribution in [0.25, 0.3) is 11.8 Å². The van der Waals surface area contributed by atoms with Gasteiger partial charge >= 0.3 is 0 Å². The second-order valence-corrected chi connectivity index (χ2v) is 8.36. The van der Waals surface area contributed by atoms with E-state index in [0.717, 1.165) is 42.6 Å². The Bertz CT molecular complexity index is 990. The van der Waals surface area contributed by atoms with E-state index < -0.39 is 5.79 Å². The van der Waals surface area contributed by atoms with Gasteiger partial charge in [0.15, 0.2) is 5.79 Å². The van der Waals surface area contributed by atoms with Crippen LogP contribution in [-0.4, -0.2) is 27.8 Å². The molecule has 5 heteroatoms. The fraction of sp³-hybridized carbons (Fsp3) is 0.375. The van der Waals surface area contributed by atoms with Crippen molar-refractivity contribution in [2.45, 2.75) is 50.6 Å². The normalized spacial score (nSPS) is 33.1. The molecule has 3 aliphatic rings. The molecule has 2 aliphatic carbocycles. The van der Waals surface area contributed by atoms with Gasteiger partial charge in [-0.3, -0.25) is 0 Å². The molecule has 0 bridgehead atoms. The first-order chi connectivity index (χ1) is 14.0. The second-order valence-electron chi connectivity index (χ2n) is 8.36. The summed E-state index contributed by atoms with van der Waals surface area (Å²) in [5, 5.41) is 4.60. The van der Waals surface area contributed by atoms with Crippen LogP contribution in [0.4, 0.5) is 4.39 Å². The van der Waals surface area contributed by atoms with Crippen LogP contribution in [0.3, 0.4) is 0 Å². The Morgan fingerprint density at radius 2 is 1.86 bits per heavy atom. The first kappa shape index (κ1) is 18.5. The zero-order chi connectivity index (χ0) is 20.2. The molecule has 1 saturated carbocycles. The fourth-order valence-corrected chi connectivity index (χ4v) is 5.15. The van der Waals surface area contributed by atoms with Crippen molar-refractivity contribution in [3.63, 3.8) is 0 Å². The third-order valence-corrected chi connectivity index (χ3v) is 6.76. The lowest BCUT2D eigenvalue weighted by molar-refractivity contribution is -0.243. The molecule has 150 valence electrons. The predicted molar refractivity (Wildman–Crippen MR) is 110 cm³/mol. The molecule has 1 aromatic carbocycles. The highest BCUT2D eigenvalue weighted by Crippen LogP contribution is 2.58. The van der Waals surface area contributed by atoms with Crippen molar-refractivity contribution in [2.75, 3.05) is 0 Å². The highest BCUT2D eigenvalue weighted by Gasteiger charge is 2.61. The summed E-state index contributed by atoms with van der Waals surface area (Å²) >= 11 is 0. The van der Waals surface area contributed by atoms with Gasteiger partial charge in [0.05, 0.1) is 17.6 Å². The highest BCUT2D eigenvalue weighted by atomic mass is 19.1. The van der Waals surface area contributed by atoms with Crippen LogP contribution in [-0.2, 0) is 15.9 Å². The SMILES string of the molecule is C=CC1OC2(CCCC3=Cc4c(cnn4-c4ccc(F)cc4)CC32C)OC1C=C. The van der Waals surface area contributed by atoms with E-state index in [0.29, 0.717) is 0 Å². The van der Waals surface area contributed by atoms with Gasteiger partial charge in [-0.25, -0.2) is 9.07 Å². The van der Waals surface area contributed by atoms with Crippen LogP contribution in [0.1, 0.15) is 37.4 Å². The molecule has 1 spiro atoms. The third kappa shape index (κ3) is 2.61. The zero-order valence-corrected chi connectivity index (χ0v) is 16.6.